The fourth-order valence-electron chi connectivity index (χ4n) is 2.10. The molecule has 0 spiro atoms. The van der Waals surface area contributed by atoms with Crippen LogP contribution in [-0.4, -0.2) is 26.1 Å². The summed E-state index contributed by atoms with van der Waals surface area (Å²) in [5, 5.41) is 2.98. The van der Waals surface area contributed by atoms with Crippen molar-refractivity contribution in [3.63, 3.8) is 0 Å². The van der Waals surface area contributed by atoms with Gasteiger partial charge in [-0.1, -0.05) is 12.1 Å². The van der Waals surface area contributed by atoms with Crippen molar-refractivity contribution in [3.05, 3.63) is 53.6 Å². The number of nitrogens with one attached hydrogen (secondary N) is 1. The smallest absolute Gasteiger partial charge is 0.248 e. The molecule has 2 aromatic rings. The lowest BCUT2D eigenvalue weighted by molar-refractivity contribution is 0.1000. The number of nitrogens with two attached hydrogens (primary N) is 2. The van der Waals surface area contributed by atoms with Gasteiger partial charge in [-0.25, -0.2) is 4.99 Å². The van der Waals surface area contributed by atoms with Crippen LogP contribution in [0.15, 0.2) is 47.5 Å². The topological polar surface area (TPSA) is 112 Å². The first-order valence-electron chi connectivity index (χ1n) is 7.21. The summed E-state index contributed by atoms with van der Waals surface area (Å²) >= 11 is 0. The molecule has 7 heteroatoms. The van der Waals surface area contributed by atoms with E-state index in [1.807, 2.05) is 6.07 Å². The van der Waals surface area contributed by atoms with E-state index in [4.69, 9.17) is 20.9 Å². The summed E-state index contributed by atoms with van der Waals surface area (Å²) in [6, 6.07) is 12.3. The van der Waals surface area contributed by atoms with Crippen LogP contribution in [0.25, 0.3) is 0 Å². The third kappa shape index (κ3) is 4.39. The summed E-state index contributed by atoms with van der Waals surface area (Å²) < 4.78 is 10.4. The van der Waals surface area contributed by atoms with Crippen molar-refractivity contribution in [2.75, 3.05) is 19.5 Å². The normalized spacial score (nSPS) is 11.0. The van der Waals surface area contributed by atoms with Gasteiger partial charge in [-0.3, -0.25) is 4.79 Å². The first-order valence-corrected chi connectivity index (χ1v) is 7.21. The van der Waals surface area contributed by atoms with Gasteiger partial charge in [0.2, 0.25) is 5.91 Å². The number of methoxy groups -OCH3 is 2. The van der Waals surface area contributed by atoms with Gasteiger partial charge in [-0.15, -0.1) is 0 Å². The van der Waals surface area contributed by atoms with Crippen molar-refractivity contribution in [3.8, 4) is 11.5 Å². The summed E-state index contributed by atoms with van der Waals surface area (Å²) in [6.45, 7) is 0.327. The number of nitrogens with zero attached hydrogens (tertiary/aromatic N) is 1. The Morgan fingerprint density at radius 2 is 1.83 bits per heavy atom. The molecule has 0 aromatic heterocycles. The zero-order valence-electron chi connectivity index (χ0n) is 13.6. The van der Waals surface area contributed by atoms with Crippen molar-refractivity contribution < 1.29 is 14.3 Å². The zero-order chi connectivity index (χ0) is 17.5. The molecule has 0 aliphatic heterocycles. The molecule has 0 aliphatic carbocycles. The minimum atomic E-state index is -0.475. The minimum absolute atomic E-state index is 0.242. The van der Waals surface area contributed by atoms with Gasteiger partial charge in [0.1, 0.15) is 0 Å². The number of primary amides is 1. The van der Waals surface area contributed by atoms with E-state index in [0.29, 0.717) is 23.6 Å². The Morgan fingerprint density at radius 1 is 1.08 bits per heavy atom. The molecule has 2 rings (SSSR count). The highest BCUT2D eigenvalue weighted by atomic mass is 16.5. The molecule has 7 nitrogen and oxygen atoms in total. The van der Waals surface area contributed by atoms with Crippen molar-refractivity contribution in [1.29, 1.82) is 0 Å². The quantitative estimate of drug-likeness (QED) is 0.552. The first kappa shape index (κ1) is 17.1. The largest absolute Gasteiger partial charge is 0.493 e. The third-order valence-corrected chi connectivity index (χ3v) is 3.30. The van der Waals surface area contributed by atoms with E-state index in [2.05, 4.69) is 10.3 Å². The molecule has 1 amide bonds. The Kier molecular flexibility index (Phi) is 5.62. The van der Waals surface area contributed by atoms with Gasteiger partial charge >= 0.3 is 0 Å². The van der Waals surface area contributed by atoms with Crippen LogP contribution in [-0.2, 0) is 6.54 Å². The van der Waals surface area contributed by atoms with Crippen LogP contribution in [0, 0.1) is 0 Å². The van der Waals surface area contributed by atoms with Gasteiger partial charge in [0.05, 0.1) is 20.8 Å². The highest BCUT2D eigenvalue weighted by Crippen LogP contribution is 2.29. The maximum atomic E-state index is 11.2. The van der Waals surface area contributed by atoms with Crippen molar-refractivity contribution in [1.82, 2.24) is 0 Å². The third-order valence-electron chi connectivity index (χ3n) is 3.30. The van der Waals surface area contributed by atoms with Crippen LogP contribution in [0.5, 0.6) is 11.5 Å². The van der Waals surface area contributed by atoms with Crippen molar-refractivity contribution in [2.24, 2.45) is 16.5 Å². The predicted octanol–water partition coefficient (Wildman–Crippen LogP) is 1.73. The summed E-state index contributed by atoms with van der Waals surface area (Å²) in [5.41, 5.74) is 13.1. The van der Waals surface area contributed by atoms with Crippen LogP contribution < -0.4 is 26.3 Å². The molecule has 0 heterocycles. The number of ether oxygens (including phenoxy) is 2. The van der Waals surface area contributed by atoms with Gasteiger partial charge in [0, 0.05) is 17.3 Å². The standard InChI is InChI=1S/C17H20N4O3/c1-23-14-7-6-13(9-15(14)24-2)21-17(19)20-10-11-4-3-5-12(8-11)16(18)22/h3-9H,10H2,1-2H3,(H2,18,22)(H3,19,20,21). The first-order chi connectivity index (χ1) is 11.5. The fraction of sp³-hybridized carbons (Fsp3) is 0.176. The van der Waals surface area contributed by atoms with E-state index in [1.54, 1.807) is 50.6 Å². The van der Waals surface area contributed by atoms with Crippen LogP contribution in [0.2, 0.25) is 0 Å². The number of rotatable bonds is 6. The van der Waals surface area contributed by atoms with Gasteiger partial charge in [-0.05, 0) is 29.8 Å². The van der Waals surface area contributed by atoms with Crippen LogP contribution in [0.3, 0.4) is 0 Å². The number of benzene rings is 2. The number of amides is 1. The number of carbonyl (C=O) groups is 1. The lowest BCUT2D eigenvalue weighted by atomic mass is 10.1. The molecule has 2 aromatic carbocycles. The fourth-order valence-corrected chi connectivity index (χ4v) is 2.10. The number of hydrogen-bond acceptors (Lipinski definition) is 4. The highest BCUT2D eigenvalue weighted by Gasteiger charge is 2.05. The Balaban J connectivity index is 2.06. The van der Waals surface area contributed by atoms with Crippen LogP contribution in [0.1, 0.15) is 15.9 Å². The number of carbonyl (C=O) groups excluding carboxylic acids is 1. The Morgan fingerprint density at radius 3 is 2.50 bits per heavy atom. The van der Waals surface area contributed by atoms with Crippen LogP contribution >= 0.6 is 0 Å². The van der Waals surface area contributed by atoms with E-state index in [1.165, 1.54) is 0 Å². The second-order valence-electron chi connectivity index (χ2n) is 4.96. The van der Waals surface area contributed by atoms with E-state index in [0.717, 1.165) is 11.3 Å². The summed E-state index contributed by atoms with van der Waals surface area (Å²) in [4.78, 5) is 15.4. The zero-order valence-corrected chi connectivity index (χ0v) is 13.6. The number of hydrogen-bond donors (Lipinski definition) is 3. The maximum absolute atomic E-state index is 11.2. The molecule has 0 fully saturated rings. The van der Waals surface area contributed by atoms with Gasteiger partial charge in [0.25, 0.3) is 0 Å². The number of aliphatic imine (C=N–C) groups is 1. The maximum Gasteiger partial charge on any atom is 0.248 e. The monoisotopic (exact) mass is 328 g/mol. The molecule has 0 aliphatic rings. The molecule has 0 saturated carbocycles. The molecular weight excluding hydrogens is 308 g/mol. The average molecular weight is 328 g/mol. The molecule has 0 atom stereocenters. The Labute approximate surface area is 140 Å². The Hall–Kier alpha value is -3.22. The molecule has 0 saturated heterocycles. The van der Waals surface area contributed by atoms with Crippen molar-refractivity contribution >= 4 is 17.6 Å². The molecule has 0 bridgehead atoms. The molecule has 24 heavy (non-hydrogen) atoms. The highest BCUT2D eigenvalue weighted by molar-refractivity contribution is 5.93. The summed E-state index contributed by atoms with van der Waals surface area (Å²) in [6.07, 6.45) is 0. The van der Waals surface area contributed by atoms with E-state index in [-0.39, 0.29) is 5.96 Å². The average Bonchev–Trinajstić information content (AvgIpc) is 2.60. The lowest BCUT2D eigenvalue weighted by Crippen LogP contribution is -2.22. The van der Waals surface area contributed by atoms with E-state index >= 15 is 0 Å². The van der Waals surface area contributed by atoms with Crippen LogP contribution in [0.4, 0.5) is 5.69 Å². The van der Waals surface area contributed by atoms with E-state index < -0.39 is 5.91 Å². The number of anilines is 1. The number of guanidine groups is 1. The predicted molar refractivity (Wildman–Crippen MR) is 93.5 cm³/mol. The second kappa shape index (κ2) is 7.87. The SMILES string of the molecule is COc1ccc(NC(N)=NCc2cccc(C(N)=O)c2)cc1OC. The van der Waals surface area contributed by atoms with Gasteiger partial charge in [-0.2, -0.15) is 0 Å². The summed E-state index contributed by atoms with van der Waals surface area (Å²) in [7, 11) is 3.13. The minimum Gasteiger partial charge on any atom is -0.493 e. The van der Waals surface area contributed by atoms with Gasteiger partial charge < -0.3 is 26.3 Å². The molecule has 126 valence electrons. The summed E-state index contributed by atoms with van der Waals surface area (Å²) in [5.74, 6) is 0.982. The van der Waals surface area contributed by atoms with E-state index in [9.17, 15) is 4.79 Å². The molecule has 5 N–H and O–H groups in total. The lowest BCUT2D eigenvalue weighted by Gasteiger charge is -2.11. The Bertz CT molecular complexity index is 759. The molecule has 0 unspecified atom stereocenters. The second-order valence-corrected chi connectivity index (χ2v) is 4.96. The molecule has 0 radical (unpaired) electrons. The van der Waals surface area contributed by atoms with Gasteiger partial charge in [0.15, 0.2) is 17.5 Å². The van der Waals surface area contributed by atoms with Crippen molar-refractivity contribution in [2.45, 2.75) is 6.54 Å². The molecular formula is C17H20N4O3.